The summed E-state index contributed by atoms with van der Waals surface area (Å²) in [7, 11) is 0. The normalized spacial score (nSPS) is 10.8. The number of carbonyl (C=O) groups is 1. The van der Waals surface area contributed by atoms with E-state index < -0.39 is 5.97 Å². The van der Waals surface area contributed by atoms with Crippen LogP contribution in [0, 0.1) is 0 Å². The van der Waals surface area contributed by atoms with Gasteiger partial charge in [-0.1, -0.05) is 11.6 Å². The van der Waals surface area contributed by atoms with Crippen molar-refractivity contribution in [1.29, 1.82) is 0 Å². The Morgan fingerprint density at radius 3 is 2.44 bits per heavy atom. The first-order valence-electron chi connectivity index (χ1n) is 5.64. The van der Waals surface area contributed by atoms with Crippen LogP contribution in [0.15, 0.2) is 6.20 Å². The molecule has 0 spiro atoms. The van der Waals surface area contributed by atoms with Crippen LogP contribution in [-0.4, -0.2) is 23.2 Å². The highest BCUT2D eigenvalue weighted by Gasteiger charge is 2.21. The third-order valence-corrected chi connectivity index (χ3v) is 2.28. The van der Waals surface area contributed by atoms with Gasteiger partial charge in [0.25, 0.3) is 0 Å². The van der Waals surface area contributed by atoms with Gasteiger partial charge in [0, 0.05) is 6.20 Å². The fourth-order valence-electron chi connectivity index (χ4n) is 1.26. The largest absolute Gasteiger partial charge is 0.488 e. The minimum absolute atomic E-state index is 0.119. The van der Waals surface area contributed by atoms with Crippen molar-refractivity contribution in [2.24, 2.45) is 0 Å². The van der Waals surface area contributed by atoms with Crippen molar-refractivity contribution in [1.82, 2.24) is 4.98 Å². The number of ether oxygens (including phenoxy) is 2. The van der Waals surface area contributed by atoms with Crippen LogP contribution < -0.4 is 10.5 Å². The molecule has 0 saturated heterocycles. The lowest BCUT2D eigenvalue weighted by Crippen LogP contribution is -2.16. The number of halogens is 1. The van der Waals surface area contributed by atoms with Crippen LogP contribution >= 0.6 is 11.6 Å². The first-order chi connectivity index (χ1) is 8.32. The number of nitrogens with two attached hydrogens (primary N) is 1. The van der Waals surface area contributed by atoms with Crippen molar-refractivity contribution < 1.29 is 14.3 Å². The molecule has 18 heavy (non-hydrogen) atoms. The fraction of sp³-hybridized carbons (Fsp3) is 0.500. The van der Waals surface area contributed by atoms with E-state index in [1.165, 1.54) is 6.20 Å². The van der Waals surface area contributed by atoms with Crippen LogP contribution in [0.2, 0.25) is 5.02 Å². The van der Waals surface area contributed by atoms with Crippen molar-refractivity contribution in [3.63, 3.8) is 0 Å². The molecule has 0 aromatic carbocycles. The lowest BCUT2D eigenvalue weighted by molar-refractivity contribution is 0.0371. The van der Waals surface area contributed by atoms with Gasteiger partial charge in [0.1, 0.15) is 16.4 Å². The van der Waals surface area contributed by atoms with Crippen molar-refractivity contribution in [3.8, 4) is 5.75 Å². The summed E-state index contributed by atoms with van der Waals surface area (Å²) in [5.41, 5.74) is 5.77. The molecule has 0 aliphatic carbocycles. The van der Waals surface area contributed by atoms with Gasteiger partial charge in [-0.3, -0.25) is 0 Å². The number of nitrogens with zero attached hydrogens (tertiary/aromatic N) is 1. The predicted molar refractivity (Wildman–Crippen MR) is 70.0 cm³/mol. The number of pyridine rings is 1. The summed E-state index contributed by atoms with van der Waals surface area (Å²) < 4.78 is 10.6. The third kappa shape index (κ3) is 3.50. The topological polar surface area (TPSA) is 74.4 Å². The maximum Gasteiger partial charge on any atom is 0.343 e. The van der Waals surface area contributed by atoms with Crippen LogP contribution in [-0.2, 0) is 4.74 Å². The second kappa shape index (κ2) is 5.91. The van der Waals surface area contributed by atoms with Crippen LogP contribution in [0.1, 0.15) is 38.1 Å². The molecule has 1 heterocycles. The number of carbonyl (C=O) groups excluding carboxylic acids is 1. The first kappa shape index (κ1) is 14.6. The van der Waals surface area contributed by atoms with Crippen molar-refractivity contribution in [2.45, 2.75) is 39.9 Å². The SMILES string of the molecule is CC(C)OC(=O)c1cnc(N)c(Cl)c1OC(C)C. The van der Waals surface area contributed by atoms with E-state index in [2.05, 4.69) is 4.98 Å². The third-order valence-electron chi connectivity index (χ3n) is 1.92. The van der Waals surface area contributed by atoms with Gasteiger partial charge in [-0.15, -0.1) is 0 Å². The first-order valence-corrected chi connectivity index (χ1v) is 6.02. The van der Waals surface area contributed by atoms with E-state index in [1.807, 2.05) is 13.8 Å². The Labute approximate surface area is 111 Å². The molecule has 1 rings (SSSR count). The highest BCUT2D eigenvalue weighted by atomic mass is 35.5. The summed E-state index contributed by atoms with van der Waals surface area (Å²) in [6, 6.07) is 0. The van der Waals surface area contributed by atoms with Gasteiger partial charge < -0.3 is 15.2 Å². The quantitative estimate of drug-likeness (QED) is 0.853. The lowest BCUT2D eigenvalue weighted by Gasteiger charge is -2.16. The Bertz CT molecular complexity index is 447. The Kier molecular flexibility index (Phi) is 4.78. The number of nitrogen functional groups attached to an aromatic ring is 1. The Morgan fingerprint density at radius 1 is 1.33 bits per heavy atom. The second-order valence-corrected chi connectivity index (χ2v) is 4.70. The molecule has 0 amide bonds. The molecule has 1 aromatic heterocycles. The van der Waals surface area contributed by atoms with Gasteiger partial charge in [-0.05, 0) is 27.7 Å². The van der Waals surface area contributed by atoms with Crippen LogP contribution in [0.5, 0.6) is 5.75 Å². The standard InChI is InChI=1S/C12H17ClN2O3/c1-6(2)17-10-8(12(16)18-7(3)4)5-15-11(14)9(10)13/h5-7H,1-4H3,(H2,14,15). The molecule has 1 aromatic rings. The van der Waals surface area contributed by atoms with Gasteiger partial charge in [-0.2, -0.15) is 0 Å². The summed E-state index contributed by atoms with van der Waals surface area (Å²) in [6.07, 6.45) is 0.930. The summed E-state index contributed by atoms with van der Waals surface area (Å²) >= 11 is 6.00. The molecular weight excluding hydrogens is 256 g/mol. The number of anilines is 1. The van der Waals surface area contributed by atoms with E-state index in [1.54, 1.807) is 13.8 Å². The average molecular weight is 273 g/mol. The lowest BCUT2D eigenvalue weighted by atomic mass is 10.2. The molecule has 0 aliphatic rings. The molecule has 0 bridgehead atoms. The second-order valence-electron chi connectivity index (χ2n) is 4.32. The smallest absolute Gasteiger partial charge is 0.343 e. The Hall–Kier alpha value is -1.49. The van der Waals surface area contributed by atoms with Crippen molar-refractivity contribution in [2.75, 3.05) is 5.73 Å². The molecule has 6 heteroatoms. The van der Waals surface area contributed by atoms with Crippen LogP contribution in [0.25, 0.3) is 0 Å². The van der Waals surface area contributed by atoms with E-state index >= 15 is 0 Å². The molecule has 0 radical (unpaired) electrons. The monoisotopic (exact) mass is 272 g/mol. The van der Waals surface area contributed by atoms with E-state index in [0.717, 1.165) is 0 Å². The molecule has 2 N–H and O–H groups in total. The van der Waals surface area contributed by atoms with Gasteiger partial charge in [0.15, 0.2) is 5.75 Å². The summed E-state index contributed by atoms with van der Waals surface area (Å²) in [6.45, 7) is 7.16. The molecule has 0 atom stereocenters. The predicted octanol–water partition coefficient (Wildman–Crippen LogP) is 2.67. The van der Waals surface area contributed by atoms with Crippen molar-refractivity contribution >= 4 is 23.4 Å². The molecule has 0 aliphatic heterocycles. The minimum Gasteiger partial charge on any atom is -0.488 e. The molecule has 0 unspecified atom stereocenters. The molecule has 0 saturated carbocycles. The zero-order valence-electron chi connectivity index (χ0n) is 10.9. The Balaban J connectivity index is 3.18. The highest BCUT2D eigenvalue weighted by molar-refractivity contribution is 6.34. The molecule has 5 nitrogen and oxygen atoms in total. The van der Waals surface area contributed by atoms with Gasteiger partial charge in [0.2, 0.25) is 0 Å². The number of esters is 1. The summed E-state index contributed by atoms with van der Waals surface area (Å²) in [4.78, 5) is 15.7. The van der Waals surface area contributed by atoms with E-state index in [4.69, 9.17) is 26.8 Å². The van der Waals surface area contributed by atoms with Crippen LogP contribution in [0.3, 0.4) is 0 Å². The van der Waals surface area contributed by atoms with Gasteiger partial charge >= 0.3 is 5.97 Å². The van der Waals surface area contributed by atoms with E-state index in [0.29, 0.717) is 0 Å². The number of hydrogen-bond donors (Lipinski definition) is 1. The minimum atomic E-state index is -0.532. The maximum absolute atomic E-state index is 11.9. The summed E-state index contributed by atoms with van der Waals surface area (Å²) in [5.74, 6) is -0.201. The van der Waals surface area contributed by atoms with E-state index in [9.17, 15) is 4.79 Å². The Morgan fingerprint density at radius 2 is 1.94 bits per heavy atom. The van der Waals surface area contributed by atoms with E-state index in [-0.39, 0.29) is 34.4 Å². The molecule has 100 valence electrons. The van der Waals surface area contributed by atoms with Gasteiger partial charge in [0.05, 0.1) is 12.2 Å². The number of aromatic nitrogens is 1. The number of hydrogen-bond acceptors (Lipinski definition) is 5. The average Bonchev–Trinajstić information content (AvgIpc) is 2.23. The van der Waals surface area contributed by atoms with Gasteiger partial charge in [-0.25, -0.2) is 9.78 Å². The van der Waals surface area contributed by atoms with Crippen LogP contribution in [0.4, 0.5) is 5.82 Å². The zero-order chi connectivity index (χ0) is 13.9. The fourth-order valence-corrected chi connectivity index (χ4v) is 1.45. The maximum atomic E-state index is 11.9. The number of rotatable bonds is 4. The molecular formula is C12H17ClN2O3. The highest BCUT2D eigenvalue weighted by Crippen LogP contribution is 2.33. The van der Waals surface area contributed by atoms with Crippen molar-refractivity contribution in [3.05, 3.63) is 16.8 Å². The zero-order valence-corrected chi connectivity index (χ0v) is 11.6. The molecule has 0 fully saturated rings. The summed E-state index contributed by atoms with van der Waals surface area (Å²) in [5, 5.41) is 0.127.